The van der Waals surface area contributed by atoms with E-state index < -0.39 is 6.10 Å². The zero-order chi connectivity index (χ0) is 18.1. The number of fused-ring (bicyclic) bond motifs is 1. The summed E-state index contributed by atoms with van der Waals surface area (Å²) in [5.74, 6) is 0.376. The lowest BCUT2D eigenvalue weighted by atomic mass is 10.2. The fourth-order valence-electron chi connectivity index (χ4n) is 2.61. The molecule has 0 aliphatic carbocycles. The highest BCUT2D eigenvalue weighted by Gasteiger charge is 2.17. The molecule has 1 atom stereocenters. The van der Waals surface area contributed by atoms with Crippen molar-refractivity contribution < 1.29 is 9.53 Å². The number of nitrogens with zero attached hydrogens (tertiary/aromatic N) is 3. The molecule has 7 heteroatoms. The summed E-state index contributed by atoms with van der Waals surface area (Å²) >= 11 is 5.94. The second-order valence-corrected chi connectivity index (χ2v) is 6.40. The Labute approximate surface area is 150 Å². The molecule has 25 heavy (non-hydrogen) atoms. The van der Waals surface area contributed by atoms with Crippen molar-refractivity contribution in [1.29, 1.82) is 0 Å². The highest BCUT2D eigenvalue weighted by atomic mass is 35.5. The number of aromatic nitrogens is 3. The van der Waals surface area contributed by atoms with Crippen molar-refractivity contribution in [3.05, 3.63) is 46.7 Å². The van der Waals surface area contributed by atoms with Crippen LogP contribution in [-0.2, 0) is 11.8 Å². The maximum absolute atomic E-state index is 12.4. The first kappa shape index (κ1) is 17.2. The van der Waals surface area contributed by atoms with Gasteiger partial charge in [-0.3, -0.25) is 9.48 Å². The number of hydrogen-bond donors (Lipinski definition) is 1. The van der Waals surface area contributed by atoms with Crippen LogP contribution in [0.25, 0.3) is 11.0 Å². The van der Waals surface area contributed by atoms with Crippen LogP contribution in [-0.4, -0.2) is 26.8 Å². The van der Waals surface area contributed by atoms with Crippen LogP contribution in [0, 0.1) is 13.8 Å². The van der Waals surface area contributed by atoms with Gasteiger partial charge in [0.2, 0.25) is 0 Å². The second-order valence-electron chi connectivity index (χ2n) is 5.96. The Balaban J connectivity index is 1.74. The van der Waals surface area contributed by atoms with Crippen molar-refractivity contribution in [3.63, 3.8) is 0 Å². The Morgan fingerprint density at radius 1 is 1.32 bits per heavy atom. The average molecular weight is 359 g/mol. The quantitative estimate of drug-likeness (QED) is 0.773. The van der Waals surface area contributed by atoms with Gasteiger partial charge < -0.3 is 10.1 Å². The van der Waals surface area contributed by atoms with Gasteiger partial charge >= 0.3 is 0 Å². The molecule has 0 saturated carbocycles. The van der Waals surface area contributed by atoms with Crippen LogP contribution in [0.2, 0.25) is 5.02 Å². The van der Waals surface area contributed by atoms with Crippen molar-refractivity contribution in [3.8, 4) is 5.75 Å². The molecule has 0 saturated heterocycles. The fourth-order valence-corrected chi connectivity index (χ4v) is 2.84. The number of halogens is 1. The highest BCUT2D eigenvalue weighted by molar-refractivity contribution is 6.30. The summed E-state index contributed by atoms with van der Waals surface area (Å²) in [5.41, 5.74) is 3.12. The molecule has 2 heterocycles. The predicted octanol–water partition coefficient (Wildman–Crippen LogP) is 3.64. The van der Waals surface area contributed by atoms with Gasteiger partial charge in [0.1, 0.15) is 5.75 Å². The molecule has 6 nitrogen and oxygen atoms in total. The Hall–Kier alpha value is -2.60. The smallest absolute Gasteiger partial charge is 0.265 e. The van der Waals surface area contributed by atoms with E-state index in [2.05, 4.69) is 15.4 Å². The van der Waals surface area contributed by atoms with Crippen molar-refractivity contribution in [2.24, 2.45) is 7.05 Å². The minimum atomic E-state index is -0.662. The molecule has 1 unspecified atom stereocenters. The number of anilines is 1. The third-order valence-electron chi connectivity index (χ3n) is 3.94. The van der Waals surface area contributed by atoms with E-state index in [1.165, 1.54) is 0 Å². The number of aryl methyl sites for hydroxylation is 3. The van der Waals surface area contributed by atoms with Crippen LogP contribution in [0.15, 0.2) is 30.5 Å². The molecule has 3 rings (SSSR count). The van der Waals surface area contributed by atoms with Crippen molar-refractivity contribution in [2.75, 3.05) is 5.32 Å². The first-order valence-corrected chi connectivity index (χ1v) is 8.26. The van der Waals surface area contributed by atoms with Crippen LogP contribution in [0.5, 0.6) is 5.75 Å². The van der Waals surface area contributed by atoms with E-state index >= 15 is 0 Å². The van der Waals surface area contributed by atoms with Crippen molar-refractivity contribution in [1.82, 2.24) is 14.8 Å². The topological polar surface area (TPSA) is 69.0 Å². The normalized spacial score (nSPS) is 12.2. The predicted molar refractivity (Wildman–Crippen MR) is 98.2 cm³/mol. The van der Waals surface area contributed by atoms with Crippen LogP contribution in [0.4, 0.5) is 5.69 Å². The Morgan fingerprint density at radius 3 is 2.80 bits per heavy atom. The molecule has 130 valence electrons. The Morgan fingerprint density at radius 2 is 2.08 bits per heavy atom. The first-order valence-electron chi connectivity index (χ1n) is 7.88. The zero-order valence-electron chi connectivity index (χ0n) is 14.5. The molecule has 0 bridgehead atoms. The minimum Gasteiger partial charge on any atom is -0.481 e. The van der Waals surface area contributed by atoms with E-state index in [1.54, 1.807) is 36.0 Å². The third kappa shape index (κ3) is 3.58. The Kier molecular flexibility index (Phi) is 4.63. The van der Waals surface area contributed by atoms with Gasteiger partial charge in [0.15, 0.2) is 11.8 Å². The van der Waals surface area contributed by atoms with Gasteiger partial charge in [-0.05, 0) is 50.6 Å². The van der Waals surface area contributed by atoms with Gasteiger partial charge in [-0.2, -0.15) is 5.10 Å². The molecule has 1 amide bonds. The number of amides is 1. The van der Waals surface area contributed by atoms with Crippen molar-refractivity contribution in [2.45, 2.75) is 26.9 Å². The van der Waals surface area contributed by atoms with Crippen LogP contribution in [0.1, 0.15) is 18.2 Å². The number of benzene rings is 1. The average Bonchev–Trinajstić information content (AvgIpc) is 2.84. The first-order chi connectivity index (χ1) is 11.8. The number of ether oxygens (including phenoxy) is 1. The van der Waals surface area contributed by atoms with Gasteiger partial charge in [-0.1, -0.05) is 11.6 Å². The van der Waals surface area contributed by atoms with E-state index in [4.69, 9.17) is 16.3 Å². The fraction of sp³-hybridized carbons (Fsp3) is 0.278. The van der Waals surface area contributed by atoms with Gasteiger partial charge in [0, 0.05) is 17.5 Å². The van der Waals surface area contributed by atoms with Gasteiger partial charge in [-0.15, -0.1) is 0 Å². The molecule has 0 aliphatic heterocycles. The maximum Gasteiger partial charge on any atom is 0.265 e. The summed E-state index contributed by atoms with van der Waals surface area (Å²) < 4.78 is 7.46. The minimum absolute atomic E-state index is 0.253. The van der Waals surface area contributed by atoms with Crippen LogP contribution < -0.4 is 10.1 Å². The zero-order valence-corrected chi connectivity index (χ0v) is 15.3. The highest BCUT2D eigenvalue weighted by Crippen LogP contribution is 2.23. The van der Waals surface area contributed by atoms with Crippen LogP contribution in [0.3, 0.4) is 0 Å². The summed E-state index contributed by atoms with van der Waals surface area (Å²) in [4.78, 5) is 16.8. The number of carbonyl (C=O) groups excluding carboxylic acids is 1. The molecule has 0 fully saturated rings. The lowest BCUT2D eigenvalue weighted by Crippen LogP contribution is -2.30. The summed E-state index contributed by atoms with van der Waals surface area (Å²) in [7, 11) is 1.84. The number of carbonyl (C=O) groups is 1. The van der Waals surface area contributed by atoms with Crippen LogP contribution >= 0.6 is 11.6 Å². The van der Waals surface area contributed by atoms with E-state index in [-0.39, 0.29) is 5.91 Å². The Bertz CT molecular complexity index is 952. The van der Waals surface area contributed by atoms with E-state index in [0.717, 1.165) is 22.3 Å². The molecule has 0 aliphatic rings. The standard InChI is InChI=1S/C18H19ClN4O2/c1-10-7-13(19)5-6-16(10)25-12(3)18(24)21-14-8-15-11(2)22-23(4)17(15)20-9-14/h5-9,12H,1-4H3,(H,21,24). The molecular weight excluding hydrogens is 340 g/mol. The molecular formula is C18H19ClN4O2. The second kappa shape index (κ2) is 6.72. The number of rotatable bonds is 4. The third-order valence-corrected chi connectivity index (χ3v) is 4.18. The van der Waals surface area contributed by atoms with Gasteiger partial charge in [-0.25, -0.2) is 4.98 Å². The summed E-state index contributed by atoms with van der Waals surface area (Å²) in [5, 5.41) is 8.69. The van der Waals surface area contributed by atoms with Gasteiger partial charge in [0.05, 0.1) is 17.6 Å². The van der Waals surface area contributed by atoms with E-state index in [1.807, 2.05) is 27.0 Å². The monoisotopic (exact) mass is 358 g/mol. The molecule has 0 radical (unpaired) electrons. The summed E-state index contributed by atoms with van der Waals surface area (Å²) in [6.45, 7) is 5.49. The van der Waals surface area contributed by atoms with Gasteiger partial charge in [0.25, 0.3) is 5.91 Å². The molecule has 3 aromatic rings. The summed E-state index contributed by atoms with van der Waals surface area (Å²) in [6.07, 6.45) is 0.951. The summed E-state index contributed by atoms with van der Waals surface area (Å²) in [6, 6.07) is 7.15. The SMILES string of the molecule is Cc1cc(Cl)ccc1OC(C)C(=O)Nc1cnc2c(c1)c(C)nn2C. The lowest BCUT2D eigenvalue weighted by Gasteiger charge is -2.16. The number of nitrogens with one attached hydrogen (secondary N) is 1. The largest absolute Gasteiger partial charge is 0.481 e. The number of pyridine rings is 1. The molecule has 1 N–H and O–H groups in total. The van der Waals surface area contributed by atoms with E-state index in [0.29, 0.717) is 16.5 Å². The van der Waals surface area contributed by atoms with Crippen molar-refractivity contribution >= 4 is 34.2 Å². The molecule has 0 spiro atoms. The maximum atomic E-state index is 12.4. The lowest BCUT2D eigenvalue weighted by molar-refractivity contribution is -0.122. The molecule has 2 aromatic heterocycles. The number of hydrogen-bond acceptors (Lipinski definition) is 4. The van der Waals surface area contributed by atoms with E-state index in [9.17, 15) is 4.79 Å². The molecule has 1 aromatic carbocycles.